The minimum Gasteiger partial charge on any atom is -0.397 e. The molecule has 0 atom stereocenters. The molecular weight excluding hydrogens is 278 g/mol. The van der Waals surface area contributed by atoms with Gasteiger partial charge in [-0.3, -0.25) is 0 Å². The van der Waals surface area contributed by atoms with Gasteiger partial charge in [-0.05, 0) is 36.3 Å². The monoisotopic (exact) mass is 297 g/mol. The molecule has 3 rings (SSSR count). The second kappa shape index (κ2) is 5.79. The van der Waals surface area contributed by atoms with E-state index in [4.69, 9.17) is 11.0 Å². The summed E-state index contributed by atoms with van der Waals surface area (Å²) in [5, 5.41) is 13.7. The van der Waals surface area contributed by atoms with Crippen molar-refractivity contribution >= 4 is 22.0 Å². The first kappa shape index (κ1) is 14.0. The van der Waals surface area contributed by atoms with Gasteiger partial charge < -0.3 is 11.1 Å². The normalized spacial score (nSPS) is 13.9. The molecule has 0 unspecified atom stereocenters. The van der Waals surface area contributed by atoms with Crippen molar-refractivity contribution in [2.24, 2.45) is 0 Å². The van der Waals surface area contributed by atoms with E-state index in [1.54, 1.807) is 0 Å². The maximum atomic E-state index is 9.15. The number of nitrogens with one attached hydrogen (secondary N) is 1. The van der Waals surface area contributed by atoms with E-state index < -0.39 is 0 Å². The molecule has 1 aliphatic carbocycles. The number of nitrogens with zero attached hydrogens (tertiary/aromatic N) is 1. The molecule has 0 bridgehead atoms. The quantitative estimate of drug-likeness (QED) is 0.867. The third-order valence-electron chi connectivity index (χ3n) is 3.95. The molecule has 1 heterocycles. The zero-order valence-electron chi connectivity index (χ0n) is 12.1. The van der Waals surface area contributed by atoms with E-state index in [1.807, 2.05) is 0 Å². The molecule has 1 fully saturated rings. The Bertz CT molecular complexity index is 675. The predicted octanol–water partition coefficient (Wildman–Crippen LogP) is 4.25. The van der Waals surface area contributed by atoms with E-state index in [-0.39, 0.29) is 0 Å². The largest absolute Gasteiger partial charge is 0.397 e. The van der Waals surface area contributed by atoms with Crippen molar-refractivity contribution in [2.45, 2.75) is 38.6 Å². The van der Waals surface area contributed by atoms with Crippen LogP contribution in [0, 0.1) is 11.3 Å². The molecular formula is C17H19N3S. The number of rotatable bonds is 5. The molecule has 108 valence electrons. The summed E-state index contributed by atoms with van der Waals surface area (Å²) in [6, 6.07) is 10.9. The van der Waals surface area contributed by atoms with E-state index >= 15 is 0 Å². The number of aryl methyl sites for hydroxylation is 1. The second-order valence-corrected chi connectivity index (χ2v) is 6.52. The first-order chi connectivity index (χ1) is 10.2. The molecule has 1 aromatic carbocycles. The average molecular weight is 297 g/mol. The third-order valence-corrected chi connectivity index (χ3v) is 5.04. The molecule has 1 aromatic heterocycles. The predicted molar refractivity (Wildman–Crippen MR) is 88.6 cm³/mol. The van der Waals surface area contributed by atoms with Gasteiger partial charge in [0, 0.05) is 12.1 Å². The molecule has 1 saturated carbocycles. The molecule has 0 spiro atoms. The van der Waals surface area contributed by atoms with Crippen LogP contribution < -0.4 is 11.1 Å². The van der Waals surface area contributed by atoms with Crippen LogP contribution >= 0.6 is 11.3 Å². The lowest BCUT2D eigenvalue weighted by molar-refractivity contribution is 1.09. The lowest BCUT2D eigenvalue weighted by atomic mass is 10.1. The Morgan fingerprint density at radius 2 is 1.95 bits per heavy atom. The summed E-state index contributed by atoms with van der Waals surface area (Å²) in [4.78, 5) is 0.640. The Morgan fingerprint density at radius 1 is 1.29 bits per heavy atom. The smallest absolute Gasteiger partial charge is 0.130 e. The highest BCUT2D eigenvalue weighted by Crippen LogP contribution is 2.50. The number of hydrogen-bond donors (Lipinski definition) is 2. The highest BCUT2D eigenvalue weighted by Gasteiger charge is 2.31. The molecule has 1 aliphatic rings. The van der Waals surface area contributed by atoms with Gasteiger partial charge in [0.25, 0.3) is 0 Å². The van der Waals surface area contributed by atoms with Gasteiger partial charge in [0.1, 0.15) is 10.9 Å². The number of nitrogen functional groups attached to an aromatic ring is 1. The van der Waals surface area contributed by atoms with Crippen molar-refractivity contribution in [3.63, 3.8) is 0 Å². The van der Waals surface area contributed by atoms with Crippen molar-refractivity contribution in [3.8, 4) is 6.07 Å². The van der Waals surface area contributed by atoms with Gasteiger partial charge >= 0.3 is 0 Å². The molecule has 0 amide bonds. The lowest BCUT2D eigenvalue weighted by Gasteiger charge is -2.08. The summed E-state index contributed by atoms with van der Waals surface area (Å²) in [7, 11) is 0. The SMILES string of the molecule is CCc1ccc(CNc2sc(C#N)c(N)c2C2CC2)cc1. The van der Waals surface area contributed by atoms with Crippen molar-refractivity contribution < 1.29 is 0 Å². The zero-order chi connectivity index (χ0) is 14.8. The number of benzene rings is 1. The van der Waals surface area contributed by atoms with Crippen molar-refractivity contribution in [1.82, 2.24) is 0 Å². The van der Waals surface area contributed by atoms with Gasteiger partial charge in [0.05, 0.1) is 10.7 Å². The van der Waals surface area contributed by atoms with Crippen LogP contribution in [0.25, 0.3) is 0 Å². The van der Waals surface area contributed by atoms with Gasteiger partial charge in [-0.25, -0.2) is 0 Å². The minimum absolute atomic E-state index is 0.549. The zero-order valence-corrected chi connectivity index (χ0v) is 13.0. The highest BCUT2D eigenvalue weighted by atomic mass is 32.1. The average Bonchev–Trinajstić information content (AvgIpc) is 3.30. The van der Waals surface area contributed by atoms with E-state index in [0.29, 0.717) is 16.5 Å². The molecule has 0 saturated heterocycles. The van der Waals surface area contributed by atoms with Crippen LogP contribution in [0.2, 0.25) is 0 Å². The van der Waals surface area contributed by atoms with E-state index in [0.717, 1.165) is 18.0 Å². The Kier molecular flexibility index (Phi) is 3.85. The van der Waals surface area contributed by atoms with Crippen LogP contribution in [0.4, 0.5) is 10.7 Å². The molecule has 2 aromatic rings. The number of nitrogens with two attached hydrogens (primary N) is 1. The Morgan fingerprint density at radius 3 is 2.52 bits per heavy atom. The second-order valence-electron chi connectivity index (χ2n) is 5.50. The van der Waals surface area contributed by atoms with Crippen LogP contribution in [0.5, 0.6) is 0 Å². The van der Waals surface area contributed by atoms with E-state index in [1.165, 1.54) is 40.9 Å². The van der Waals surface area contributed by atoms with Gasteiger partial charge in [0.2, 0.25) is 0 Å². The summed E-state index contributed by atoms with van der Waals surface area (Å²) in [6.45, 7) is 2.93. The summed E-state index contributed by atoms with van der Waals surface area (Å²) >= 11 is 1.48. The van der Waals surface area contributed by atoms with Crippen molar-refractivity contribution in [3.05, 3.63) is 45.8 Å². The lowest BCUT2D eigenvalue weighted by Crippen LogP contribution is -2.00. The van der Waals surface area contributed by atoms with Crippen LogP contribution in [0.1, 0.15) is 47.3 Å². The highest BCUT2D eigenvalue weighted by molar-refractivity contribution is 7.17. The van der Waals surface area contributed by atoms with E-state index in [9.17, 15) is 0 Å². The molecule has 4 heteroatoms. The van der Waals surface area contributed by atoms with Crippen LogP contribution in [0.3, 0.4) is 0 Å². The number of nitriles is 1. The Hall–Kier alpha value is -1.99. The van der Waals surface area contributed by atoms with Gasteiger partial charge in [-0.1, -0.05) is 31.2 Å². The van der Waals surface area contributed by atoms with Crippen LogP contribution in [-0.4, -0.2) is 0 Å². The fourth-order valence-corrected chi connectivity index (χ4v) is 3.52. The molecule has 3 N–H and O–H groups in total. The number of thiophene rings is 1. The summed E-state index contributed by atoms with van der Waals surface area (Å²) in [5.41, 5.74) is 10.6. The van der Waals surface area contributed by atoms with Crippen LogP contribution in [0.15, 0.2) is 24.3 Å². The molecule has 0 radical (unpaired) electrons. The van der Waals surface area contributed by atoms with Crippen molar-refractivity contribution in [2.75, 3.05) is 11.1 Å². The third kappa shape index (κ3) is 2.88. The fourth-order valence-electron chi connectivity index (χ4n) is 2.52. The van der Waals surface area contributed by atoms with Gasteiger partial charge in [-0.15, -0.1) is 11.3 Å². The number of hydrogen-bond acceptors (Lipinski definition) is 4. The Balaban J connectivity index is 1.76. The Labute approximate surface area is 129 Å². The van der Waals surface area contributed by atoms with Crippen LogP contribution in [-0.2, 0) is 13.0 Å². The summed E-state index contributed by atoms with van der Waals surface area (Å²) < 4.78 is 0. The topological polar surface area (TPSA) is 61.8 Å². The maximum Gasteiger partial charge on any atom is 0.130 e. The number of anilines is 2. The summed E-state index contributed by atoms with van der Waals surface area (Å²) in [5.74, 6) is 0.549. The fraction of sp³-hybridized carbons (Fsp3) is 0.353. The summed E-state index contributed by atoms with van der Waals surface area (Å²) in [6.07, 6.45) is 3.43. The maximum absolute atomic E-state index is 9.15. The molecule has 21 heavy (non-hydrogen) atoms. The first-order valence-corrected chi connectivity index (χ1v) is 8.18. The molecule has 3 nitrogen and oxygen atoms in total. The first-order valence-electron chi connectivity index (χ1n) is 7.36. The van der Waals surface area contributed by atoms with Gasteiger partial charge in [-0.2, -0.15) is 5.26 Å². The van der Waals surface area contributed by atoms with E-state index in [2.05, 4.69) is 42.6 Å². The van der Waals surface area contributed by atoms with Gasteiger partial charge in [0.15, 0.2) is 0 Å². The minimum atomic E-state index is 0.549. The van der Waals surface area contributed by atoms with Crippen molar-refractivity contribution in [1.29, 1.82) is 5.26 Å². The standard InChI is InChI=1S/C17H19N3S/c1-2-11-3-5-12(6-4-11)10-20-17-15(13-7-8-13)16(19)14(9-18)21-17/h3-6,13,20H,2,7-8,10,19H2,1H3. The molecule has 0 aliphatic heterocycles.